The van der Waals surface area contributed by atoms with E-state index in [-0.39, 0.29) is 56.9 Å². The van der Waals surface area contributed by atoms with E-state index in [0.717, 1.165) is 135 Å². The van der Waals surface area contributed by atoms with Crippen molar-refractivity contribution in [2.75, 3.05) is 33.5 Å². The molecule has 11 atom stereocenters. The summed E-state index contributed by atoms with van der Waals surface area (Å²) in [6.07, 6.45) is 32.4. The van der Waals surface area contributed by atoms with Gasteiger partial charge in [-0.3, -0.25) is 18.9 Å². The molecule has 2 rings (SSSR count). The SMILES string of the molecule is CCCCCC/C=C\CCCCCCCCCC(=O)NC1[C@H](OCC2O[C@H](OP(=O)(O)O)[C@H](NC(=O)CC(=O)CCCCCCCCCCC)[C@@H](OCCCCCCCCCC)[C@@H]2O)O[C@H](CCO)[C@@H](O)[C@@H]1OCC[C@@H](CCCCCCC)OC.O=POO. The Balaban J connectivity index is 0.00000958. The fraction of sp³-hybridized carbons (Fsp3) is 0.924. The highest BCUT2D eigenvalue weighted by atomic mass is 31.2. The molecule has 0 spiro atoms. The molecular formula is C66H126N2O19P2. The van der Waals surface area contributed by atoms with Crippen molar-refractivity contribution in [2.45, 2.75) is 358 Å². The fourth-order valence-electron chi connectivity index (χ4n) is 11.5. The quantitative estimate of drug-likeness (QED) is 0.00701. The van der Waals surface area contributed by atoms with Crippen LogP contribution in [0.4, 0.5) is 0 Å². The van der Waals surface area contributed by atoms with Crippen LogP contribution >= 0.6 is 16.5 Å². The Bertz CT molecular complexity index is 1790. The average molecular weight is 1310 g/mol. The number of amides is 2. The molecule has 0 saturated carbocycles. The van der Waals surface area contributed by atoms with Crippen LogP contribution in [-0.2, 0) is 61.1 Å². The molecule has 0 aromatic heterocycles. The van der Waals surface area contributed by atoms with Gasteiger partial charge >= 0.3 is 16.5 Å². The lowest BCUT2D eigenvalue weighted by atomic mass is 9.94. The molecule has 2 amide bonds. The number of carbonyl (C=O) groups is 3. The minimum absolute atomic E-state index is 0.00564. The van der Waals surface area contributed by atoms with E-state index in [1.807, 2.05) is 0 Å². The number of hydrogen-bond acceptors (Lipinski definition) is 17. The van der Waals surface area contributed by atoms with Gasteiger partial charge in [-0.05, 0) is 64.2 Å². The number of ketones is 1. The van der Waals surface area contributed by atoms with Crippen LogP contribution in [0.1, 0.15) is 291 Å². The summed E-state index contributed by atoms with van der Waals surface area (Å²) in [7, 11) is -4.36. The van der Waals surface area contributed by atoms with Crippen LogP contribution in [0.25, 0.3) is 0 Å². The third-order valence-electron chi connectivity index (χ3n) is 16.7. The number of nitrogens with one attached hydrogen (secondary N) is 2. The van der Waals surface area contributed by atoms with Gasteiger partial charge in [-0.15, -0.1) is 4.67 Å². The van der Waals surface area contributed by atoms with Crippen molar-refractivity contribution in [3.05, 3.63) is 12.2 Å². The number of phosphoric ester groups is 1. The minimum atomic E-state index is -5.34. The summed E-state index contributed by atoms with van der Waals surface area (Å²) < 4.78 is 67.2. The number of aliphatic hydroxyl groups excluding tert-OH is 3. The second-order valence-corrected chi connectivity index (χ2v) is 26.0. The number of unbranched alkanes of at least 4 members (excludes halogenated alkanes) is 30. The van der Waals surface area contributed by atoms with Gasteiger partial charge in [-0.25, -0.2) is 14.4 Å². The van der Waals surface area contributed by atoms with Crippen molar-refractivity contribution in [1.82, 2.24) is 10.6 Å². The van der Waals surface area contributed by atoms with E-state index in [1.54, 1.807) is 7.11 Å². The first-order valence-corrected chi connectivity index (χ1v) is 37.2. The van der Waals surface area contributed by atoms with Crippen LogP contribution in [0, 0.1) is 0 Å². The highest BCUT2D eigenvalue weighted by molar-refractivity contribution is 7.46. The molecule has 8 N–H and O–H groups in total. The van der Waals surface area contributed by atoms with Gasteiger partial charge in [0.1, 0.15) is 48.4 Å². The molecule has 0 aliphatic carbocycles. The molecule has 2 unspecified atom stereocenters. The highest BCUT2D eigenvalue weighted by Crippen LogP contribution is 2.41. The van der Waals surface area contributed by atoms with Gasteiger partial charge < -0.3 is 64.2 Å². The lowest BCUT2D eigenvalue weighted by Crippen LogP contribution is -2.67. The Hall–Kier alpha value is -1.88. The van der Waals surface area contributed by atoms with Crippen LogP contribution in [0.3, 0.4) is 0 Å². The van der Waals surface area contributed by atoms with Crippen LogP contribution in [-0.4, -0.2) is 149 Å². The van der Waals surface area contributed by atoms with E-state index in [9.17, 15) is 44.1 Å². The summed E-state index contributed by atoms with van der Waals surface area (Å²) in [5.74, 6) is -1.34. The van der Waals surface area contributed by atoms with Gasteiger partial charge in [0.05, 0.1) is 25.2 Å². The number of rotatable bonds is 58. The zero-order chi connectivity index (χ0) is 65.6. The number of phosphoric acid groups is 1. The van der Waals surface area contributed by atoms with Crippen LogP contribution in [0.2, 0.25) is 0 Å². The molecule has 2 saturated heterocycles. The average Bonchev–Trinajstić information content (AvgIpc) is 1.02. The van der Waals surface area contributed by atoms with Crippen LogP contribution < -0.4 is 10.6 Å². The lowest BCUT2D eigenvalue weighted by Gasteiger charge is -2.47. The molecule has 0 aromatic carbocycles. The molecule has 0 aromatic rings. The van der Waals surface area contributed by atoms with Crippen molar-refractivity contribution in [2.24, 2.45) is 0 Å². The summed E-state index contributed by atoms with van der Waals surface area (Å²) in [6.45, 7) is 8.19. The van der Waals surface area contributed by atoms with E-state index in [0.29, 0.717) is 25.7 Å². The van der Waals surface area contributed by atoms with Crippen molar-refractivity contribution in [3.63, 3.8) is 0 Å². The molecule has 2 aliphatic heterocycles. The molecule has 2 aliphatic rings. The zero-order valence-electron chi connectivity index (χ0n) is 55.7. The van der Waals surface area contributed by atoms with Crippen molar-refractivity contribution in [3.8, 4) is 0 Å². The Kier molecular flexibility index (Phi) is 55.1. The third-order valence-corrected chi connectivity index (χ3v) is 17.3. The van der Waals surface area contributed by atoms with Crippen LogP contribution in [0.15, 0.2) is 12.2 Å². The van der Waals surface area contributed by atoms with Gasteiger partial charge in [0.15, 0.2) is 12.6 Å². The number of methoxy groups -OCH3 is 1. The van der Waals surface area contributed by atoms with Crippen molar-refractivity contribution < 1.29 is 91.5 Å². The normalized spacial score (nSPS) is 22.5. The van der Waals surface area contributed by atoms with E-state index in [2.05, 4.69) is 55.2 Å². The minimum Gasteiger partial charge on any atom is -0.396 e. The number of ether oxygens (including phenoxy) is 6. The van der Waals surface area contributed by atoms with Crippen molar-refractivity contribution in [1.29, 1.82) is 0 Å². The maximum absolute atomic E-state index is 13.9. The Morgan fingerprint density at radius 1 is 0.551 bits per heavy atom. The molecule has 23 heteroatoms. The monoisotopic (exact) mass is 1310 g/mol. The Morgan fingerprint density at radius 3 is 1.48 bits per heavy atom. The number of carbonyl (C=O) groups excluding carboxylic acids is 3. The molecule has 0 bridgehead atoms. The van der Waals surface area contributed by atoms with Gasteiger partial charge in [-0.1, -0.05) is 220 Å². The number of hydrogen-bond donors (Lipinski definition) is 8. The molecular weight excluding hydrogens is 1190 g/mol. The molecule has 21 nitrogen and oxygen atoms in total. The summed E-state index contributed by atoms with van der Waals surface area (Å²) in [5.41, 5.74) is 0. The van der Waals surface area contributed by atoms with E-state index in [4.69, 9.17) is 42.8 Å². The van der Waals surface area contributed by atoms with E-state index >= 15 is 0 Å². The van der Waals surface area contributed by atoms with E-state index < -0.39 is 96.7 Å². The largest absolute Gasteiger partial charge is 0.472 e. The first-order valence-electron chi connectivity index (χ1n) is 34.9. The second kappa shape index (κ2) is 57.6. The Morgan fingerprint density at radius 2 is 0.978 bits per heavy atom. The smallest absolute Gasteiger partial charge is 0.396 e. The Labute approximate surface area is 538 Å². The maximum atomic E-state index is 13.9. The third kappa shape index (κ3) is 43.7. The summed E-state index contributed by atoms with van der Waals surface area (Å²) in [4.78, 5) is 61.1. The van der Waals surface area contributed by atoms with Gasteiger partial charge in [0, 0.05) is 39.8 Å². The lowest BCUT2D eigenvalue weighted by molar-refractivity contribution is -0.300. The van der Waals surface area contributed by atoms with E-state index in [1.165, 1.54) is 77.0 Å². The number of aliphatic hydroxyl groups is 3. The highest BCUT2D eigenvalue weighted by Gasteiger charge is 2.51. The van der Waals surface area contributed by atoms with Crippen molar-refractivity contribution >= 4 is 34.1 Å². The molecule has 89 heavy (non-hydrogen) atoms. The molecule has 2 heterocycles. The van der Waals surface area contributed by atoms with Gasteiger partial charge in [0.25, 0.3) is 0 Å². The molecule has 2 fully saturated rings. The van der Waals surface area contributed by atoms with Gasteiger partial charge in [0.2, 0.25) is 11.8 Å². The van der Waals surface area contributed by atoms with Crippen LogP contribution in [0.5, 0.6) is 0 Å². The summed E-state index contributed by atoms with van der Waals surface area (Å²) >= 11 is 0. The first kappa shape index (κ1) is 85.1. The zero-order valence-corrected chi connectivity index (χ0v) is 57.5. The second-order valence-electron chi connectivity index (χ2n) is 24.5. The van der Waals surface area contributed by atoms with Gasteiger partial charge in [-0.2, -0.15) is 0 Å². The first-order chi connectivity index (χ1) is 43.1. The number of allylic oxidation sites excluding steroid dienone is 2. The molecule has 524 valence electrons. The topological polar surface area (TPSA) is 305 Å². The fourth-order valence-corrected chi connectivity index (χ4v) is 11.9. The molecule has 0 radical (unpaired) electrons. The number of Topliss-reactive ketones (excluding diaryl/α,β-unsaturated/α-hetero) is 1. The standard InChI is InChI=1S/C66H125N2O16P.HO3P/c1-6-10-14-18-21-24-25-26-27-28-29-31-33-37-41-45-57(71)67-59-63(80-50-47-54(78-5)44-40-35-17-13-9-4)61(73)55(46-48-69)82-65(59)81-52-56-62(74)64(79-49-42-38-34-23-20-16-12-8-3)60(66(83-56)84-85(75,76)77)68-58(72)51-53(70)43-39-36-32-30-22-19-15-11-7-2;1-3-4-2/h24-25,54-56,59-66,69,73-74H,6-23,26-52H2,1-5H3,(H,67,71)(H,68,72)(H2,75,76,77);1H/b25-24-;/t54-,55-,56?,59?,60-,61-,62-,63-,64-,65-,66-;/m1./s1. The summed E-state index contributed by atoms with van der Waals surface area (Å²) in [5, 5.41) is 47.0. The predicted octanol–water partition coefficient (Wildman–Crippen LogP) is 13.9. The predicted molar refractivity (Wildman–Crippen MR) is 347 cm³/mol. The maximum Gasteiger partial charge on any atom is 0.472 e. The summed E-state index contributed by atoms with van der Waals surface area (Å²) in [6, 6.07) is -2.57.